The van der Waals surface area contributed by atoms with Gasteiger partial charge in [0.1, 0.15) is 6.04 Å². The highest BCUT2D eigenvalue weighted by Crippen LogP contribution is 2.10. The molecule has 110 valence electrons. The molecule has 0 aliphatic rings. The fourth-order valence-electron chi connectivity index (χ4n) is 1.67. The second-order valence-electron chi connectivity index (χ2n) is 4.16. The molecule has 0 aromatic heterocycles. The second kappa shape index (κ2) is 8.16. The Morgan fingerprint density at radius 3 is 2.50 bits per heavy atom. The summed E-state index contributed by atoms with van der Waals surface area (Å²) in [5, 5.41) is 0. The molecule has 6 nitrogen and oxygen atoms in total. The Bertz CT molecular complexity index is 436. The minimum atomic E-state index is -0.700. The van der Waals surface area contributed by atoms with E-state index in [1.807, 2.05) is 30.3 Å². The fourth-order valence-corrected chi connectivity index (χ4v) is 1.67. The predicted octanol–water partition coefficient (Wildman–Crippen LogP) is 1.71. The molecule has 0 saturated heterocycles. The third-order valence-corrected chi connectivity index (χ3v) is 2.75. The van der Waals surface area contributed by atoms with Crippen LogP contribution in [0.4, 0.5) is 4.79 Å². The van der Waals surface area contributed by atoms with Crippen molar-refractivity contribution >= 4 is 12.0 Å². The van der Waals surface area contributed by atoms with Crippen molar-refractivity contribution in [3.8, 4) is 0 Å². The average Bonchev–Trinajstić information content (AvgIpc) is 2.45. The van der Waals surface area contributed by atoms with Crippen molar-refractivity contribution in [1.29, 1.82) is 0 Å². The van der Waals surface area contributed by atoms with Gasteiger partial charge in [0.25, 0.3) is 5.91 Å². The third kappa shape index (κ3) is 4.55. The van der Waals surface area contributed by atoms with Crippen LogP contribution in [0, 0.1) is 0 Å². The molecule has 0 saturated carbocycles. The Labute approximate surface area is 118 Å². The van der Waals surface area contributed by atoms with E-state index in [0.29, 0.717) is 0 Å². The number of hydroxylamine groups is 1. The molecule has 1 aromatic carbocycles. The maximum atomic E-state index is 12.0. The molecule has 0 aliphatic heterocycles. The number of nitrogens with zero attached hydrogens (tertiary/aromatic N) is 1. The number of rotatable bonds is 6. The van der Waals surface area contributed by atoms with E-state index in [1.165, 1.54) is 12.0 Å². The molecule has 1 aromatic rings. The van der Waals surface area contributed by atoms with Gasteiger partial charge in [0.2, 0.25) is 0 Å². The first-order valence-electron chi connectivity index (χ1n) is 6.40. The quantitative estimate of drug-likeness (QED) is 0.805. The maximum Gasteiger partial charge on any atom is 0.410 e. The molecule has 2 amide bonds. The molecule has 20 heavy (non-hydrogen) atoms. The van der Waals surface area contributed by atoms with E-state index in [9.17, 15) is 9.59 Å². The highest BCUT2D eigenvalue weighted by molar-refractivity contribution is 5.84. The number of hydrogen-bond acceptors (Lipinski definition) is 4. The van der Waals surface area contributed by atoms with Crippen LogP contribution < -0.4 is 5.48 Å². The summed E-state index contributed by atoms with van der Waals surface area (Å²) in [5.41, 5.74) is 3.13. The van der Waals surface area contributed by atoms with Crippen LogP contribution in [0.5, 0.6) is 0 Å². The molecular formula is C14H20N2O4. The predicted molar refractivity (Wildman–Crippen MR) is 73.6 cm³/mol. The molecule has 1 atom stereocenters. The van der Waals surface area contributed by atoms with Crippen molar-refractivity contribution in [2.45, 2.75) is 26.4 Å². The van der Waals surface area contributed by atoms with Crippen molar-refractivity contribution in [3.63, 3.8) is 0 Å². The number of amides is 2. The highest BCUT2D eigenvalue weighted by atomic mass is 16.6. The first-order valence-corrected chi connectivity index (χ1v) is 6.40. The zero-order valence-corrected chi connectivity index (χ0v) is 12.0. The second-order valence-corrected chi connectivity index (χ2v) is 4.16. The molecule has 0 aliphatic carbocycles. The van der Waals surface area contributed by atoms with Gasteiger partial charge >= 0.3 is 6.09 Å². The SMILES string of the molecule is CCOC(=O)N(Cc1ccccc1)C(C)C(=O)NOC. The van der Waals surface area contributed by atoms with Crippen molar-refractivity contribution in [2.75, 3.05) is 13.7 Å². The summed E-state index contributed by atoms with van der Waals surface area (Å²) in [4.78, 5) is 29.7. The van der Waals surface area contributed by atoms with Gasteiger partial charge in [-0.25, -0.2) is 10.3 Å². The molecule has 1 rings (SSSR count). The molecule has 0 spiro atoms. The molecule has 0 fully saturated rings. The number of ether oxygens (including phenoxy) is 1. The summed E-state index contributed by atoms with van der Waals surface area (Å²) < 4.78 is 4.99. The van der Waals surface area contributed by atoms with E-state index < -0.39 is 18.0 Å². The van der Waals surface area contributed by atoms with E-state index in [2.05, 4.69) is 10.3 Å². The van der Waals surface area contributed by atoms with Gasteiger partial charge in [-0.05, 0) is 19.4 Å². The molecule has 1 unspecified atom stereocenters. The topological polar surface area (TPSA) is 67.9 Å². The summed E-state index contributed by atoms with van der Waals surface area (Å²) in [5.74, 6) is -0.406. The van der Waals surface area contributed by atoms with Crippen LogP contribution >= 0.6 is 0 Å². The zero-order chi connectivity index (χ0) is 15.0. The Kier molecular flexibility index (Phi) is 6.52. The Morgan fingerprint density at radius 1 is 1.30 bits per heavy atom. The standard InChI is InChI=1S/C14H20N2O4/c1-4-20-14(18)16(11(2)13(17)15-19-3)10-12-8-6-5-7-9-12/h5-9,11H,4,10H2,1-3H3,(H,15,17). The number of nitrogens with one attached hydrogen (secondary N) is 1. The largest absolute Gasteiger partial charge is 0.450 e. The molecule has 6 heteroatoms. The normalized spacial score (nSPS) is 11.6. The molecule has 0 bridgehead atoms. The van der Waals surface area contributed by atoms with E-state index in [0.717, 1.165) is 5.56 Å². The fraction of sp³-hybridized carbons (Fsp3) is 0.429. The molecule has 0 heterocycles. The first kappa shape index (κ1) is 16.0. The van der Waals surface area contributed by atoms with Gasteiger partial charge < -0.3 is 4.74 Å². The van der Waals surface area contributed by atoms with Crippen LogP contribution in [-0.2, 0) is 20.9 Å². The van der Waals surface area contributed by atoms with Crippen molar-refractivity contribution < 1.29 is 19.2 Å². The first-order chi connectivity index (χ1) is 9.60. The summed E-state index contributed by atoms with van der Waals surface area (Å²) in [6, 6.07) is 8.70. The van der Waals surface area contributed by atoms with Crippen LogP contribution in [0.3, 0.4) is 0 Å². The van der Waals surface area contributed by atoms with E-state index >= 15 is 0 Å². The van der Waals surface area contributed by atoms with Crippen LogP contribution in [0.1, 0.15) is 19.4 Å². The van der Waals surface area contributed by atoms with Crippen molar-refractivity contribution in [3.05, 3.63) is 35.9 Å². The van der Waals surface area contributed by atoms with E-state index in [-0.39, 0.29) is 13.2 Å². The lowest BCUT2D eigenvalue weighted by Crippen LogP contribution is -2.47. The van der Waals surface area contributed by atoms with Crippen LogP contribution in [0.2, 0.25) is 0 Å². The number of benzene rings is 1. The monoisotopic (exact) mass is 280 g/mol. The van der Waals surface area contributed by atoms with E-state index in [4.69, 9.17) is 4.74 Å². The lowest BCUT2D eigenvalue weighted by atomic mass is 10.2. The summed E-state index contributed by atoms with van der Waals surface area (Å²) in [6.07, 6.45) is -0.532. The summed E-state index contributed by atoms with van der Waals surface area (Å²) in [6.45, 7) is 3.88. The number of carbonyl (C=O) groups excluding carboxylic acids is 2. The third-order valence-electron chi connectivity index (χ3n) is 2.75. The van der Waals surface area contributed by atoms with Gasteiger partial charge in [-0.15, -0.1) is 0 Å². The minimum absolute atomic E-state index is 0.253. The highest BCUT2D eigenvalue weighted by Gasteiger charge is 2.27. The summed E-state index contributed by atoms with van der Waals surface area (Å²) >= 11 is 0. The smallest absolute Gasteiger partial charge is 0.410 e. The van der Waals surface area contributed by atoms with Crippen molar-refractivity contribution in [1.82, 2.24) is 10.4 Å². The van der Waals surface area contributed by atoms with Gasteiger partial charge in [-0.3, -0.25) is 14.5 Å². The van der Waals surface area contributed by atoms with Gasteiger partial charge in [-0.2, -0.15) is 0 Å². The maximum absolute atomic E-state index is 12.0. The van der Waals surface area contributed by atoms with Crippen molar-refractivity contribution in [2.24, 2.45) is 0 Å². The van der Waals surface area contributed by atoms with Crippen LogP contribution in [0.25, 0.3) is 0 Å². The lowest BCUT2D eigenvalue weighted by molar-refractivity contribution is -0.136. The number of carbonyl (C=O) groups is 2. The molecular weight excluding hydrogens is 260 g/mol. The lowest BCUT2D eigenvalue weighted by Gasteiger charge is -2.27. The summed E-state index contributed by atoms with van der Waals surface area (Å²) in [7, 11) is 1.34. The van der Waals surface area contributed by atoms with Gasteiger partial charge in [0, 0.05) is 6.54 Å². The van der Waals surface area contributed by atoms with Crippen LogP contribution in [0.15, 0.2) is 30.3 Å². The molecule has 0 radical (unpaired) electrons. The van der Waals surface area contributed by atoms with E-state index in [1.54, 1.807) is 13.8 Å². The Morgan fingerprint density at radius 2 is 1.95 bits per heavy atom. The Hall–Kier alpha value is -2.08. The van der Waals surface area contributed by atoms with Crippen LogP contribution in [-0.4, -0.2) is 36.7 Å². The zero-order valence-electron chi connectivity index (χ0n) is 12.0. The molecule has 1 N–H and O–H groups in total. The average molecular weight is 280 g/mol. The number of hydrogen-bond donors (Lipinski definition) is 1. The minimum Gasteiger partial charge on any atom is -0.450 e. The van der Waals surface area contributed by atoms with Gasteiger partial charge in [-0.1, -0.05) is 30.3 Å². The van der Waals surface area contributed by atoms with Gasteiger partial charge in [0.15, 0.2) is 0 Å². The Balaban J connectivity index is 2.84. The van der Waals surface area contributed by atoms with Gasteiger partial charge in [0.05, 0.1) is 13.7 Å².